The molecule has 0 saturated heterocycles. The zero-order valence-corrected chi connectivity index (χ0v) is 15.3. The van der Waals surface area contributed by atoms with Crippen LogP contribution in [0.2, 0.25) is 0 Å². The molecule has 2 rings (SSSR count). The summed E-state index contributed by atoms with van der Waals surface area (Å²) in [7, 11) is 1.29. The number of nitrogens with one attached hydrogen (secondary N) is 1. The molecule has 0 bridgehead atoms. The zero-order valence-electron chi connectivity index (χ0n) is 15.3. The van der Waals surface area contributed by atoms with Crippen molar-refractivity contribution in [1.29, 1.82) is 0 Å². The van der Waals surface area contributed by atoms with Gasteiger partial charge in [0.15, 0.2) is 24.0 Å². The number of benzene rings is 2. The van der Waals surface area contributed by atoms with Gasteiger partial charge in [-0.05, 0) is 30.3 Å². The number of hydrogen-bond acceptors (Lipinski definition) is 7. The minimum absolute atomic E-state index is 0.0118. The van der Waals surface area contributed by atoms with Crippen LogP contribution in [0.5, 0.6) is 5.75 Å². The molecule has 1 amide bonds. The van der Waals surface area contributed by atoms with E-state index in [1.807, 2.05) is 0 Å². The Labute approximate surface area is 164 Å². The Morgan fingerprint density at radius 1 is 1.10 bits per heavy atom. The molecule has 0 radical (unpaired) electrons. The zero-order chi connectivity index (χ0) is 21.4. The highest BCUT2D eigenvalue weighted by atomic mass is 19.1. The molecule has 2 aromatic rings. The maximum Gasteiger partial charge on any atom is 0.308 e. The molecule has 0 aromatic heterocycles. The van der Waals surface area contributed by atoms with Crippen LogP contribution in [0.15, 0.2) is 42.5 Å². The molecule has 0 aliphatic carbocycles. The molecule has 0 aliphatic rings. The lowest BCUT2D eigenvalue weighted by molar-refractivity contribution is -0.384. The number of amides is 1. The molecule has 0 heterocycles. The number of nitro groups is 1. The molecule has 10 heteroatoms. The van der Waals surface area contributed by atoms with Crippen LogP contribution in [0.3, 0.4) is 0 Å². The number of hydrogen-bond donors (Lipinski definition) is 1. The van der Waals surface area contributed by atoms with Gasteiger partial charge in [0.2, 0.25) is 0 Å². The maximum atomic E-state index is 13.6. The highest BCUT2D eigenvalue weighted by Crippen LogP contribution is 2.18. The van der Waals surface area contributed by atoms with E-state index in [9.17, 15) is 28.9 Å². The van der Waals surface area contributed by atoms with Gasteiger partial charge in [0, 0.05) is 29.8 Å². The molecule has 2 aromatic carbocycles. The second-order valence-electron chi connectivity index (χ2n) is 5.74. The standard InChI is InChI=1S/C19H17FN2O7/c1-28-17-7-4-13(10-15(17)20)16(23)11-29-18(24)8-9-21-19(25)12-2-5-14(6-3-12)22(26)27/h2-7,10H,8-9,11H2,1H3,(H,21,25). The number of non-ortho nitro benzene ring substituents is 1. The third kappa shape index (κ3) is 6.09. The number of rotatable bonds is 9. The Bertz CT molecular complexity index is 929. The average Bonchev–Trinajstić information content (AvgIpc) is 2.71. The molecular formula is C19H17FN2O7. The van der Waals surface area contributed by atoms with Gasteiger partial charge in [-0.15, -0.1) is 0 Å². The summed E-state index contributed by atoms with van der Waals surface area (Å²) < 4.78 is 23.2. The minimum atomic E-state index is -0.726. The SMILES string of the molecule is COc1ccc(C(=O)COC(=O)CCNC(=O)c2ccc([N+](=O)[O-])cc2)cc1F. The summed E-state index contributed by atoms with van der Waals surface area (Å²) in [6, 6.07) is 8.59. The number of ketones is 1. The lowest BCUT2D eigenvalue weighted by atomic mass is 10.1. The first-order chi connectivity index (χ1) is 13.8. The van der Waals surface area contributed by atoms with E-state index in [0.29, 0.717) is 0 Å². The molecule has 0 unspecified atom stereocenters. The number of carbonyl (C=O) groups is 3. The van der Waals surface area contributed by atoms with E-state index in [1.165, 1.54) is 43.5 Å². The average molecular weight is 404 g/mol. The summed E-state index contributed by atoms with van der Waals surface area (Å²) in [5.41, 5.74) is 0.0785. The van der Waals surface area contributed by atoms with Crippen LogP contribution >= 0.6 is 0 Å². The van der Waals surface area contributed by atoms with E-state index in [4.69, 9.17) is 9.47 Å². The van der Waals surface area contributed by atoms with Crippen LogP contribution in [0.1, 0.15) is 27.1 Å². The van der Waals surface area contributed by atoms with Gasteiger partial charge in [-0.25, -0.2) is 4.39 Å². The number of ether oxygens (including phenoxy) is 2. The van der Waals surface area contributed by atoms with E-state index in [2.05, 4.69) is 5.32 Å². The first-order valence-electron chi connectivity index (χ1n) is 8.37. The number of esters is 1. The van der Waals surface area contributed by atoms with E-state index >= 15 is 0 Å². The van der Waals surface area contributed by atoms with Gasteiger partial charge in [0.1, 0.15) is 0 Å². The van der Waals surface area contributed by atoms with Crippen molar-refractivity contribution in [2.45, 2.75) is 6.42 Å². The van der Waals surface area contributed by atoms with Crippen LogP contribution in [0, 0.1) is 15.9 Å². The number of nitrogens with zero attached hydrogens (tertiary/aromatic N) is 1. The molecule has 0 spiro atoms. The second kappa shape index (κ2) is 9.93. The van der Waals surface area contributed by atoms with Gasteiger partial charge in [-0.3, -0.25) is 24.5 Å². The second-order valence-corrected chi connectivity index (χ2v) is 5.74. The van der Waals surface area contributed by atoms with Gasteiger partial charge in [0.05, 0.1) is 18.5 Å². The van der Waals surface area contributed by atoms with Crippen molar-refractivity contribution in [1.82, 2.24) is 5.32 Å². The van der Waals surface area contributed by atoms with Crippen molar-refractivity contribution in [2.75, 3.05) is 20.3 Å². The predicted octanol–water partition coefficient (Wildman–Crippen LogP) is 2.29. The van der Waals surface area contributed by atoms with Gasteiger partial charge >= 0.3 is 5.97 Å². The minimum Gasteiger partial charge on any atom is -0.494 e. The number of halogens is 1. The number of Topliss-reactive ketones (excluding diaryl/α,β-unsaturated/α-hetero) is 1. The molecule has 0 atom stereocenters. The lowest BCUT2D eigenvalue weighted by Crippen LogP contribution is -2.27. The van der Waals surface area contributed by atoms with Crippen LogP contribution in [-0.2, 0) is 9.53 Å². The Morgan fingerprint density at radius 2 is 1.76 bits per heavy atom. The fraction of sp³-hybridized carbons (Fsp3) is 0.211. The molecule has 9 nitrogen and oxygen atoms in total. The summed E-state index contributed by atoms with van der Waals surface area (Å²) in [6.07, 6.45) is -0.191. The Kier molecular flexibility index (Phi) is 7.35. The van der Waals surface area contributed by atoms with E-state index in [1.54, 1.807) is 0 Å². The topological polar surface area (TPSA) is 125 Å². The highest BCUT2D eigenvalue weighted by molar-refractivity contribution is 5.98. The first-order valence-corrected chi connectivity index (χ1v) is 8.37. The molecule has 1 N–H and O–H groups in total. The molecule has 0 fully saturated rings. The van der Waals surface area contributed by atoms with Crippen LogP contribution in [0.4, 0.5) is 10.1 Å². The van der Waals surface area contributed by atoms with Crippen molar-refractivity contribution in [3.05, 3.63) is 69.5 Å². The molecule has 0 saturated carbocycles. The van der Waals surface area contributed by atoms with Crippen LogP contribution < -0.4 is 10.1 Å². The van der Waals surface area contributed by atoms with Gasteiger partial charge < -0.3 is 14.8 Å². The predicted molar refractivity (Wildman–Crippen MR) is 98.3 cm³/mol. The molecule has 0 aliphatic heterocycles. The number of nitro benzene ring substituents is 1. The van der Waals surface area contributed by atoms with Gasteiger partial charge in [0.25, 0.3) is 11.6 Å². The summed E-state index contributed by atoms with van der Waals surface area (Å²) in [4.78, 5) is 45.5. The quantitative estimate of drug-likeness (QED) is 0.294. The maximum absolute atomic E-state index is 13.6. The van der Waals surface area contributed by atoms with Crippen LogP contribution in [-0.4, -0.2) is 42.8 Å². The number of carbonyl (C=O) groups excluding carboxylic acids is 3. The summed E-state index contributed by atoms with van der Waals surface area (Å²) >= 11 is 0. The van der Waals surface area contributed by atoms with Crippen molar-refractivity contribution < 1.29 is 33.2 Å². The van der Waals surface area contributed by atoms with Crippen LogP contribution in [0.25, 0.3) is 0 Å². The Hall–Kier alpha value is -3.82. The lowest BCUT2D eigenvalue weighted by Gasteiger charge is -2.07. The molecule has 152 valence electrons. The van der Waals surface area contributed by atoms with Crippen molar-refractivity contribution in [3.63, 3.8) is 0 Å². The largest absolute Gasteiger partial charge is 0.494 e. The highest BCUT2D eigenvalue weighted by Gasteiger charge is 2.14. The smallest absolute Gasteiger partial charge is 0.308 e. The third-order valence-corrected chi connectivity index (χ3v) is 3.79. The van der Waals surface area contributed by atoms with Gasteiger partial charge in [-0.2, -0.15) is 0 Å². The summed E-state index contributed by atoms with van der Waals surface area (Å²) in [6.45, 7) is -0.624. The van der Waals surface area contributed by atoms with Gasteiger partial charge in [-0.1, -0.05) is 0 Å². The Balaban J connectivity index is 1.75. The van der Waals surface area contributed by atoms with Crippen molar-refractivity contribution >= 4 is 23.3 Å². The van der Waals surface area contributed by atoms with E-state index < -0.39 is 35.0 Å². The van der Waals surface area contributed by atoms with E-state index in [-0.39, 0.29) is 35.5 Å². The molecule has 29 heavy (non-hydrogen) atoms. The Morgan fingerprint density at radius 3 is 2.34 bits per heavy atom. The first kappa shape index (κ1) is 21.5. The van der Waals surface area contributed by atoms with Crippen molar-refractivity contribution in [2.24, 2.45) is 0 Å². The summed E-state index contributed by atoms with van der Waals surface area (Å²) in [5.74, 6) is -2.55. The fourth-order valence-corrected chi connectivity index (χ4v) is 2.26. The third-order valence-electron chi connectivity index (χ3n) is 3.79. The fourth-order valence-electron chi connectivity index (χ4n) is 2.26. The monoisotopic (exact) mass is 404 g/mol. The van der Waals surface area contributed by atoms with E-state index in [0.717, 1.165) is 6.07 Å². The summed E-state index contributed by atoms with van der Waals surface area (Å²) in [5, 5.41) is 13.0. The number of methoxy groups -OCH3 is 1. The van der Waals surface area contributed by atoms with Crippen molar-refractivity contribution in [3.8, 4) is 5.75 Å². The molecular weight excluding hydrogens is 387 g/mol. The normalized spacial score (nSPS) is 10.1.